The molecule has 0 aromatic heterocycles. The van der Waals surface area contributed by atoms with Gasteiger partial charge in [0.15, 0.2) is 5.78 Å². The van der Waals surface area contributed by atoms with Gasteiger partial charge >= 0.3 is 6.09 Å². The van der Waals surface area contributed by atoms with Crippen LogP contribution in [0.5, 0.6) is 0 Å². The van der Waals surface area contributed by atoms with Crippen molar-refractivity contribution in [1.82, 2.24) is 4.90 Å². The zero-order valence-corrected chi connectivity index (χ0v) is 5.99. The largest absolute Gasteiger partial charge is 0.465 e. The van der Waals surface area contributed by atoms with E-state index in [1.807, 2.05) is 0 Å². The van der Waals surface area contributed by atoms with Crippen LogP contribution in [-0.4, -0.2) is 34.5 Å². The fraction of sp³-hybridized carbons (Fsp3) is 0.714. The fourth-order valence-corrected chi connectivity index (χ4v) is 1.94. The lowest BCUT2D eigenvalue weighted by Gasteiger charge is -2.32. The number of rotatable bonds is 0. The summed E-state index contributed by atoms with van der Waals surface area (Å²) in [6.45, 7) is 0.538. The predicted octanol–water partition coefficient (Wildman–Crippen LogP) is 0.328. The summed E-state index contributed by atoms with van der Waals surface area (Å²) in [4.78, 5) is 22.7. The standard InChI is InChI=1S/C7H9NO3/c9-5-3-4-1-2-8(6(4)5)7(10)11/h4,6H,1-3H2,(H,10,11)/t4-,6-/m0/s1. The minimum Gasteiger partial charge on any atom is -0.465 e. The van der Waals surface area contributed by atoms with Crippen molar-refractivity contribution in [3.05, 3.63) is 0 Å². The number of Topliss-reactive ketones (excluding diaryl/α,β-unsaturated/α-hetero) is 1. The van der Waals surface area contributed by atoms with Crippen molar-refractivity contribution >= 4 is 11.9 Å². The Hall–Kier alpha value is -1.06. The summed E-state index contributed by atoms with van der Waals surface area (Å²) in [7, 11) is 0. The van der Waals surface area contributed by atoms with Gasteiger partial charge in [-0.2, -0.15) is 0 Å². The molecule has 4 heteroatoms. The summed E-state index contributed by atoms with van der Waals surface area (Å²) in [6.07, 6.45) is 0.502. The Morgan fingerprint density at radius 1 is 1.64 bits per heavy atom. The Kier molecular flexibility index (Phi) is 1.19. The van der Waals surface area contributed by atoms with E-state index < -0.39 is 6.09 Å². The fourth-order valence-electron chi connectivity index (χ4n) is 1.94. The molecule has 4 nitrogen and oxygen atoms in total. The van der Waals surface area contributed by atoms with Crippen LogP contribution in [0.3, 0.4) is 0 Å². The predicted molar refractivity (Wildman–Crippen MR) is 36.2 cm³/mol. The molecule has 2 fully saturated rings. The third-order valence-electron chi connectivity index (χ3n) is 2.56. The lowest BCUT2D eigenvalue weighted by atomic mass is 9.79. The molecule has 1 amide bonds. The van der Waals surface area contributed by atoms with Gasteiger partial charge in [0.05, 0.1) is 6.04 Å². The molecule has 0 bridgehead atoms. The van der Waals surface area contributed by atoms with Crippen molar-refractivity contribution in [3.8, 4) is 0 Å². The molecule has 1 saturated heterocycles. The minimum atomic E-state index is -0.953. The van der Waals surface area contributed by atoms with Gasteiger partial charge in [-0.05, 0) is 12.3 Å². The third kappa shape index (κ3) is 0.751. The number of hydrogen-bond donors (Lipinski definition) is 1. The number of fused-ring (bicyclic) bond motifs is 1. The normalized spacial score (nSPS) is 34.9. The van der Waals surface area contributed by atoms with E-state index in [4.69, 9.17) is 5.11 Å². The molecular weight excluding hydrogens is 146 g/mol. The highest BCUT2D eigenvalue weighted by molar-refractivity contribution is 5.93. The molecule has 1 aliphatic heterocycles. The molecule has 0 radical (unpaired) electrons. The maximum Gasteiger partial charge on any atom is 0.407 e. The number of carbonyl (C=O) groups excluding carboxylic acids is 1. The highest BCUT2D eigenvalue weighted by atomic mass is 16.4. The smallest absolute Gasteiger partial charge is 0.407 e. The van der Waals surface area contributed by atoms with Crippen molar-refractivity contribution in [1.29, 1.82) is 0 Å². The van der Waals surface area contributed by atoms with E-state index in [1.165, 1.54) is 4.90 Å². The number of carboxylic acid groups (broad SMARTS) is 1. The van der Waals surface area contributed by atoms with Crippen molar-refractivity contribution in [2.75, 3.05) is 6.54 Å². The van der Waals surface area contributed by atoms with Crippen LogP contribution < -0.4 is 0 Å². The Labute approximate surface area is 63.8 Å². The summed E-state index contributed by atoms with van der Waals surface area (Å²) >= 11 is 0. The second kappa shape index (κ2) is 1.96. The van der Waals surface area contributed by atoms with Gasteiger partial charge in [0.1, 0.15) is 0 Å². The molecule has 1 aliphatic carbocycles. The van der Waals surface area contributed by atoms with E-state index in [2.05, 4.69) is 0 Å². The molecule has 2 rings (SSSR count). The van der Waals surface area contributed by atoms with Gasteiger partial charge in [0, 0.05) is 13.0 Å². The molecule has 1 N–H and O–H groups in total. The lowest BCUT2D eigenvalue weighted by molar-refractivity contribution is -0.132. The lowest BCUT2D eigenvalue weighted by Crippen LogP contribution is -2.49. The van der Waals surface area contributed by atoms with Crippen molar-refractivity contribution in [2.24, 2.45) is 5.92 Å². The second-order valence-electron chi connectivity index (χ2n) is 3.14. The van der Waals surface area contributed by atoms with Gasteiger partial charge in [-0.3, -0.25) is 9.69 Å². The maximum atomic E-state index is 10.9. The van der Waals surface area contributed by atoms with Gasteiger partial charge in [0.25, 0.3) is 0 Å². The first kappa shape index (κ1) is 6.64. The van der Waals surface area contributed by atoms with Gasteiger partial charge in [-0.1, -0.05) is 0 Å². The van der Waals surface area contributed by atoms with Gasteiger partial charge in [-0.15, -0.1) is 0 Å². The Balaban J connectivity index is 2.14. The molecule has 2 aliphatic rings. The van der Waals surface area contributed by atoms with Crippen LogP contribution in [0.1, 0.15) is 12.8 Å². The quantitative estimate of drug-likeness (QED) is 0.548. The second-order valence-corrected chi connectivity index (χ2v) is 3.14. The highest BCUT2D eigenvalue weighted by Crippen LogP contribution is 2.37. The minimum absolute atomic E-state index is 0.0925. The van der Waals surface area contributed by atoms with Gasteiger partial charge in [0.2, 0.25) is 0 Å². The van der Waals surface area contributed by atoms with E-state index in [0.717, 1.165) is 6.42 Å². The van der Waals surface area contributed by atoms with Crippen molar-refractivity contribution in [3.63, 3.8) is 0 Å². The molecule has 11 heavy (non-hydrogen) atoms. The van der Waals surface area contributed by atoms with Crippen LogP contribution in [-0.2, 0) is 4.79 Å². The molecule has 2 atom stereocenters. The molecule has 0 spiro atoms. The monoisotopic (exact) mass is 155 g/mol. The zero-order chi connectivity index (χ0) is 8.01. The summed E-state index contributed by atoms with van der Waals surface area (Å²) in [5.41, 5.74) is 0. The topological polar surface area (TPSA) is 57.6 Å². The van der Waals surface area contributed by atoms with Crippen LogP contribution >= 0.6 is 0 Å². The SMILES string of the molecule is O=C1C[C@@H]2CCN(C(=O)O)[C@H]12. The third-order valence-corrected chi connectivity index (χ3v) is 2.56. The molecule has 0 aromatic carbocycles. The molecule has 0 aromatic rings. The average Bonchev–Trinajstić information content (AvgIpc) is 2.25. The number of nitrogens with zero attached hydrogens (tertiary/aromatic N) is 1. The first-order valence-electron chi connectivity index (χ1n) is 3.72. The van der Waals surface area contributed by atoms with Gasteiger partial charge < -0.3 is 5.11 Å². The average molecular weight is 155 g/mol. The number of carbonyl (C=O) groups is 2. The van der Waals surface area contributed by atoms with E-state index >= 15 is 0 Å². The van der Waals surface area contributed by atoms with Crippen LogP contribution in [0.4, 0.5) is 4.79 Å². The van der Waals surface area contributed by atoms with E-state index in [0.29, 0.717) is 18.9 Å². The first-order valence-corrected chi connectivity index (χ1v) is 3.72. The number of likely N-dealkylation sites (tertiary alicyclic amines) is 1. The number of amides is 1. The number of hydrogen-bond acceptors (Lipinski definition) is 2. The Morgan fingerprint density at radius 3 is 2.82 bits per heavy atom. The molecule has 60 valence electrons. The maximum absolute atomic E-state index is 10.9. The van der Waals surface area contributed by atoms with Crippen molar-refractivity contribution < 1.29 is 14.7 Å². The molecule has 1 saturated carbocycles. The van der Waals surface area contributed by atoms with E-state index in [-0.39, 0.29) is 11.8 Å². The van der Waals surface area contributed by atoms with Crippen LogP contribution in [0.15, 0.2) is 0 Å². The van der Waals surface area contributed by atoms with Crippen LogP contribution in [0.25, 0.3) is 0 Å². The van der Waals surface area contributed by atoms with Crippen LogP contribution in [0.2, 0.25) is 0 Å². The molecular formula is C7H9NO3. The molecule has 1 heterocycles. The van der Waals surface area contributed by atoms with Crippen molar-refractivity contribution in [2.45, 2.75) is 18.9 Å². The van der Waals surface area contributed by atoms with Crippen LogP contribution in [0, 0.1) is 5.92 Å². The Bertz CT molecular complexity index is 218. The summed E-state index contributed by atoms with van der Waals surface area (Å²) < 4.78 is 0. The summed E-state index contributed by atoms with van der Waals surface area (Å²) in [6, 6.07) is -0.285. The zero-order valence-electron chi connectivity index (χ0n) is 5.99. The first-order chi connectivity index (χ1) is 5.20. The molecule has 0 unspecified atom stereocenters. The van der Waals surface area contributed by atoms with Gasteiger partial charge in [-0.25, -0.2) is 4.79 Å². The van der Waals surface area contributed by atoms with E-state index in [9.17, 15) is 9.59 Å². The summed E-state index contributed by atoms with van der Waals surface area (Å²) in [5, 5.41) is 8.63. The highest BCUT2D eigenvalue weighted by Gasteiger charge is 2.49. The van der Waals surface area contributed by atoms with E-state index in [1.54, 1.807) is 0 Å². The number of ketones is 1. The summed E-state index contributed by atoms with van der Waals surface area (Å²) in [5.74, 6) is 0.425. The Morgan fingerprint density at radius 2 is 2.36 bits per heavy atom.